The quantitative estimate of drug-likeness (QED) is 0.376. The van der Waals surface area contributed by atoms with Crippen LogP contribution < -0.4 is 0 Å². The number of phenols is 1. The van der Waals surface area contributed by atoms with Crippen LogP contribution in [0.4, 0.5) is 17.6 Å². The fourth-order valence-electron chi connectivity index (χ4n) is 0.747. The summed E-state index contributed by atoms with van der Waals surface area (Å²) in [6.07, 6.45) is 4.59. The molecule has 0 aliphatic carbocycles. The third kappa shape index (κ3) is 1.20. The van der Waals surface area contributed by atoms with Crippen LogP contribution >= 0.6 is 0 Å². The molecule has 0 heterocycles. The van der Waals surface area contributed by atoms with Crippen molar-refractivity contribution in [3.63, 3.8) is 0 Å². The Bertz CT molecular complexity index is 377. The van der Waals surface area contributed by atoms with Crippen LogP contribution in [0.2, 0.25) is 0 Å². The Hall–Kier alpha value is -1.70. The largest absolute Gasteiger partial charge is 0.503 e. The highest BCUT2D eigenvalue weighted by Gasteiger charge is 2.23. The van der Waals surface area contributed by atoms with Crippen LogP contribution in [-0.4, -0.2) is 5.11 Å². The SMILES string of the molecule is C#Cc1c(F)c(F)c(O)c(F)c1F. The number of halogens is 4. The molecular formula is C8H2F4O. The molecule has 0 spiro atoms. The van der Waals surface area contributed by atoms with E-state index in [0.29, 0.717) is 0 Å². The molecule has 0 saturated heterocycles. The minimum atomic E-state index is -1.90. The first-order chi connectivity index (χ1) is 6.00. The summed E-state index contributed by atoms with van der Waals surface area (Å²) >= 11 is 0. The standard InChI is InChI=1S/C8H2F4O/c1-2-3-4(9)6(11)8(13)7(12)5(3)10/h1,13H. The van der Waals surface area contributed by atoms with E-state index < -0.39 is 34.6 Å². The van der Waals surface area contributed by atoms with Gasteiger partial charge in [-0.1, -0.05) is 5.92 Å². The van der Waals surface area contributed by atoms with Gasteiger partial charge in [-0.15, -0.1) is 6.42 Å². The minimum Gasteiger partial charge on any atom is -0.503 e. The molecule has 1 aromatic carbocycles. The van der Waals surface area contributed by atoms with E-state index in [4.69, 9.17) is 5.11 Å². The van der Waals surface area contributed by atoms with E-state index in [9.17, 15) is 17.6 Å². The van der Waals surface area contributed by atoms with E-state index in [1.54, 1.807) is 0 Å². The van der Waals surface area contributed by atoms with Gasteiger partial charge in [0.05, 0.1) is 0 Å². The van der Waals surface area contributed by atoms with Crippen molar-refractivity contribution in [1.82, 2.24) is 0 Å². The number of hydrogen-bond acceptors (Lipinski definition) is 1. The molecule has 5 heteroatoms. The lowest BCUT2D eigenvalue weighted by Gasteiger charge is -2.02. The molecule has 1 aromatic rings. The highest BCUT2D eigenvalue weighted by Crippen LogP contribution is 2.27. The summed E-state index contributed by atoms with van der Waals surface area (Å²) in [7, 11) is 0. The van der Waals surface area contributed by atoms with Crippen molar-refractivity contribution in [2.45, 2.75) is 0 Å². The van der Waals surface area contributed by atoms with Crippen LogP contribution in [0, 0.1) is 35.6 Å². The summed E-state index contributed by atoms with van der Waals surface area (Å²) in [4.78, 5) is 0. The predicted octanol–water partition coefficient (Wildman–Crippen LogP) is 1.93. The lowest BCUT2D eigenvalue weighted by molar-refractivity contribution is 0.355. The zero-order chi connectivity index (χ0) is 10.2. The lowest BCUT2D eigenvalue weighted by Crippen LogP contribution is -1.99. The molecule has 0 atom stereocenters. The van der Waals surface area contributed by atoms with E-state index in [2.05, 4.69) is 6.42 Å². The van der Waals surface area contributed by atoms with Crippen molar-refractivity contribution < 1.29 is 22.7 Å². The van der Waals surface area contributed by atoms with Crippen molar-refractivity contribution in [2.75, 3.05) is 0 Å². The van der Waals surface area contributed by atoms with Gasteiger partial charge in [0.15, 0.2) is 17.4 Å². The molecule has 13 heavy (non-hydrogen) atoms. The Morgan fingerprint density at radius 3 is 1.62 bits per heavy atom. The topological polar surface area (TPSA) is 20.2 Å². The van der Waals surface area contributed by atoms with Gasteiger partial charge in [-0.2, -0.15) is 8.78 Å². The third-order valence-corrected chi connectivity index (χ3v) is 1.38. The molecule has 0 fully saturated rings. The molecule has 1 N–H and O–H groups in total. The summed E-state index contributed by atoms with van der Waals surface area (Å²) in [5.74, 6) is -7.63. The monoisotopic (exact) mass is 190 g/mol. The minimum absolute atomic E-state index is 1.17. The maximum absolute atomic E-state index is 12.6. The van der Waals surface area contributed by atoms with E-state index in [0.717, 1.165) is 0 Å². The van der Waals surface area contributed by atoms with Crippen molar-refractivity contribution in [2.24, 2.45) is 0 Å². The van der Waals surface area contributed by atoms with Crippen LogP contribution in [0.15, 0.2) is 0 Å². The summed E-state index contributed by atoms with van der Waals surface area (Å²) in [5, 5.41) is 8.49. The highest BCUT2D eigenvalue weighted by atomic mass is 19.2. The first-order valence-electron chi connectivity index (χ1n) is 3.02. The Labute approximate surface area is 70.6 Å². The molecule has 0 aliphatic heterocycles. The number of rotatable bonds is 0. The van der Waals surface area contributed by atoms with E-state index in [1.807, 2.05) is 0 Å². The number of benzene rings is 1. The van der Waals surface area contributed by atoms with Gasteiger partial charge in [0.2, 0.25) is 11.6 Å². The highest BCUT2D eigenvalue weighted by molar-refractivity contribution is 5.41. The molecule has 0 aliphatic rings. The van der Waals surface area contributed by atoms with Crippen LogP contribution in [0.5, 0.6) is 5.75 Å². The molecule has 0 unspecified atom stereocenters. The second-order valence-corrected chi connectivity index (χ2v) is 2.12. The molecule has 0 bridgehead atoms. The second-order valence-electron chi connectivity index (χ2n) is 2.12. The maximum Gasteiger partial charge on any atom is 0.204 e. The predicted molar refractivity (Wildman–Crippen MR) is 35.9 cm³/mol. The van der Waals surface area contributed by atoms with Gasteiger partial charge < -0.3 is 5.11 Å². The van der Waals surface area contributed by atoms with Gasteiger partial charge in [-0.25, -0.2) is 8.78 Å². The number of phenolic OH excluding ortho intramolecular Hbond substituents is 1. The second kappa shape index (κ2) is 2.98. The first kappa shape index (κ1) is 9.39. The Morgan fingerprint density at radius 1 is 0.923 bits per heavy atom. The van der Waals surface area contributed by atoms with Gasteiger partial charge in [0.1, 0.15) is 5.56 Å². The van der Waals surface area contributed by atoms with Crippen LogP contribution in [0.3, 0.4) is 0 Å². The zero-order valence-corrected chi connectivity index (χ0v) is 6.04. The molecular weight excluding hydrogens is 188 g/mol. The summed E-state index contributed by atoms with van der Waals surface area (Å²) < 4.78 is 50.2. The van der Waals surface area contributed by atoms with E-state index in [1.165, 1.54) is 5.92 Å². The van der Waals surface area contributed by atoms with Crippen LogP contribution in [-0.2, 0) is 0 Å². The number of hydrogen-bond donors (Lipinski definition) is 1. The van der Waals surface area contributed by atoms with Crippen molar-refractivity contribution >= 4 is 0 Å². The zero-order valence-electron chi connectivity index (χ0n) is 6.04. The van der Waals surface area contributed by atoms with E-state index >= 15 is 0 Å². The molecule has 0 radical (unpaired) electrons. The summed E-state index contributed by atoms with van der Waals surface area (Å²) in [5.41, 5.74) is -1.17. The average Bonchev–Trinajstić information content (AvgIpc) is 2.13. The smallest absolute Gasteiger partial charge is 0.204 e. The molecule has 0 amide bonds. The summed E-state index contributed by atoms with van der Waals surface area (Å²) in [6, 6.07) is 0. The summed E-state index contributed by atoms with van der Waals surface area (Å²) in [6.45, 7) is 0. The number of terminal acetylenes is 1. The average molecular weight is 190 g/mol. The fourth-order valence-corrected chi connectivity index (χ4v) is 0.747. The van der Waals surface area contributed by atoms with Crippen molar-refractivity contribution in [3.8, 4) is 18.1 Å². The Balaban J connectivity index is 3.69. The van der Waals surface area contributed by atoms with Crippen LogP contribution in [0.25, 0.3) is 0 Å². The Morgan fingerprint density at radius 2 is 1.31 bits per heavy atom. The van der Waals surface area contributed by atoms with Crippen LogP contribution in [0.1, 0.15) is 5.56 Å². The molecule has 0 aromatic heterocycles. The van der Waals surface area contributed by atoms with Gasteiger partial charge >= 0.3 is 0 Å². The third-order valence-electron chi connectivity index (χ3n) is 1.38. The Kier molecular flexibility index (Phi) is 2.15. The van der Waals surface area contributed by atoms with Gasteiger partial charge in [0, 0.05) is 0 Å². The van der Waals surface area contributed by atoms with Crippen molar-refractivity contribution in [3.05, 3.63) is 28.8 Å². The van der Waals surface area contributed by atoms with Gasteiger partial charge in [0.25, 0.3) is 0 Å². The molecule has 1 nitrogen and oxygen atoms in total. The lowest BCUT2D eigenvalue weighted by atomic mass is 10.2. The normalized spacial score (nSPS) is 9.77. The molecule has 0 saturated carbocycles. The molecule has 68 valence electrons. The maximum atomic E-state index is 12.6. The first-order valence-corrected chi connectivity index (χ1v) is 3.02. The number of aromatic hydroxyl groups is 1. The van der Waals surface area contributed by atoms with Crippen molar-refractivity contribution in [1.29, 1.82) is 0 Å². The van der Waals surface area contributed by atoms with Gasteiger partial charge in [-0.05, 0) is 0 Å². The van der Waals surface area contributed by atoms with E-state index in [-0.39, 0.29) is 0 Å². The van der Waals surface area contributed by atoms with Gasteiger partial charge in [-0.3, -0.25) is 0 Å². The fraction of sp³-hybridized carbons (Fsp3) is 0. The molecule has 1 rings (SSSR count).